The van der Waals surface area contributed by atoms with Crippen LogP contribution in [0.1, 0.15) is 66.1 Å². The summed E-state index contributed by atoms with van der Waals surface area (Å²) in [5, 5.41) is 17.5. The molecule has 0 spiro atoms. The first kappa shape index (κ1) is 23.8. The van der Waals surface area contributed by atoms with E-state index in [0.717, 1.165) is 55.6 Å². The van der Waals surface area contributed by atoms with E-state index in [1.165, 1.54) is 10.2 Å². The van der Waals surface area contributed by atoms with E-state index in [9.17, 15) is 14.7 Å². The topological polar surface area (TPSA) is 107 Å². The van der Waals surface area contributed by atoms with Crippen LogP contribution in [0.4, 0.5) is 5.69 Å². The van der Waals surface area contributed by atoms with Gasteiger partial charge in [-0.1, -0.05) is 29.5 Å². The summed E-state index contributed by atoms with van der Waals surface area (Å²) in [6.45, 7) is 1.14. The fourth-order valence-electron chi connectivity index (χ4n) is 5.08. The van der Waals surface area contributed by atoms with Crippen molar-refractivity contribution in [1.29, 1.82) is 0 Å². The molecule has 1 aromatic heterocycles. The van der Waals surface area contributed by atoms with Crippen LogP contribution in [0.25, 0.3) is 0 Å². The number of amides is 1. The fourth-order valence-corrected chi connectivity index (χ4v) is 5.08. The number of methoxy groups -OCH3 is 1. The Morgan fingerprint density at radius 1 is 1.06 bits per heavy atom. The lowest BCUT2D eigenvalue weighted by Gasteiger charge is -2.29. The first-order valence-electron chi connectivity index (χ1n) is 12.4. The number of hydrogen-bond donors (Lipinski definition) is 1. The van der Waals surface area contributed by atoms with Crippen LogP contribution in [0.3, 0.4) is 0 Å². The predicted octanol–water partition coefficient (Wildman–Crippen LogP) is 4.27. The fraction of sp³-hybridized carbons (Fsp3) is 0.407. The summed E-state index contributed by atoms with van der Waals surface area (Å²) in [5.74, 6) is 0.393. The molecule has 0 bridgehead atoms. The largest absolute Gasteiger partial charge is 0.497 e. The summed E-state index contributed by atoms with van der Waals surface area (Å²) in [4.78, 5) is 25.6. The summed E-state index contributed by atoms with van der Waals surface area (Å²) < 4.78 is 12.9. The van der Waals surface area contributed by atoms with Gasteiger partial charge in [0.1, 0.15) is 11.9 Å². The van der Waals surface area contributed by atoms with Crippen molar-refractivity contribution in [3.63, 3.8) is 0 Å². The molecule has 2 fully saturated rings. The van der Waals surface area contributed by atoms with Crippen molar-refractivity contribution in [3.8, 4) is 11.6 Å². The Hall–Kier alpha value is -3.88. The smallest absolute Gasteiger partial charge is 0.362 e. The number of carboxylic acids is 1. The van der Waals surface area contributed by atoms with Gasteiger partial charge in [-0.2, -0.15) is 0 Å². The highest BCUT2D eigenvalue weighted by Crippen LogP contribution is 2.36. The van der Waals surface area contributed by atoms with E-state index in [4.69, 9.17) is 9.47 Å². The molecule has 0 radical (unpaired) electrons. The lowest BCUT2D eigenvalue weighted by atomic mass is 9.82. The summed E-state index contributed by atoms with van der Waals surface area (Å²) in [6, 6.07) is 15.9. The summed E-state index contributed by atoms with van der Waals surface area (Å²) >= 11 is 0. The van der Waals surface area contributed by atoms with Gasteiger partial charge in [-0.25, -0.2) is 9.48 Å². The monoisotopic (exact) mass is 490 g/mol. The molecule has 1 aliphatic carbocycles. The zero-order valence-electron chi connectivity index (χ0n) is 20.3. The Kier molecular flexibility index (Phi) is 6.88. The molecule has 2 aromatic carbocycles. The van der Waals surface area contributed by atoms with Gasteiger partial charge in [-0.15, -0.1) is 5.10 Å². The van der Waals surface area contributed by atoms with Crippen molar-refractivity contribution < 1.29 is 24.2 Å². The van der Waals surface area contributed by atoms with Gasteiger partial charge >= 0.3 is 5.97 Å². The van der Waals surface area contributed by atoms with Gasteiger partial charge < -0.3 is 19.5 Å². The maximum Gasteiger partial charge on any atom is 0.362 e. The van der Waals surface area contributed by atoms with E-state index in [1.807, 2.05) is 41.3 Å². The summed E-state index contributed by atoms with van der Waals surface area (Å²) in [5.41, 5.74) is 3.00. The van der Waals surface area contributed by atoms with Gasteiger partial charge in [-0.3, -0.25) is 4.79 Å². The molecule has 2 aliphatic rings. The van der Waals surface area contributed by atoms with Gasteiger partial charge in [0.2, 0.25) is 17.5 Å². The number of carboxylic acid groups (broad SMARTS) is 1. The Bertz CT molecular complexity index is 1210. The second kappa shape index (κ2) is 10.4. The van der Waals surface area contributed by atoms with Crippen molar-refractivity contribution in [1.82, 2.24) is 15.0 Å². The molecule has 3 aromatic rings. The molecular weight excluding hydrogens is 460 g/mol. The third kappa shape index (κ3) is 5.05. The van der Waals surface area contributed by atoms with E-state index in [-0.39, 0.29) is 23.6 Å². The molecule has 1 saturated heterocycles. The van der Waals surface area contributed by atoms with Crippen LogP contribution >= 0.6 is 0 Å². The maximum absolute atomic E-state index is 12.0. The van der Waals surface area contributed by atoms with Gasteiger partial charge in [0.15, 0.2) is 0 Å². The van der Waals surface area contributed by atoms with Crippen LogP contribution in [0.15, 0.2) is 48.5 Å². The molecular formula is C27H30N4O5. The average molecular weight is 491 g/mol. The zero-order chi connectivity index (χ0) is 25.1. The quantitative estimate of drug-likeness (QED) is 0.503. The molecule has 1 N–H and O–H groups in total. The van der Waals surface area contributed by atoms with E-state index in [1.54, 1.807) is 7.11 Å². The number of aromatic carboxylic acids is 1. The SMILES string of the molecule is COc1ccc(Cn2nnc(C(=O)O)c2OC2CCC(c3ccc(N4CCCC4=O)cc3)CC2)cc1. The zero-order valence-corrected chi connectivity index (χ0v) is 20.3. The van der Waals surface area contributed by atoms with Crippen LogP contribution in [-0.4, -0.2) is 51.7 Å². The maximum atomic E-state index is 12.0. The number of ether oxygens (including phenoxy) is 2. The third-order valence-corrected chi connectivity index (χ3v) is 7.09. The van der Waals surface area contributed by atoms with Crippen LogP contribution < -0.4 is 14.4 Å². The Balaban J connectivity index is 1.23. The molecule has 1 saturated carbocycles. The van der Waals surface area contributed by atoms with E-state index in [2.05, 4.69) is 22.4 Å². The normalized spacial score (nSPS) is 19.9. The van der Waals surface area contributed by atoms with E-state index >= 15 is 0 Å². The number of rotatable bonds is 8. The van der Waals surface area contributed by atoms with Crippen LogP contribution in [0.5, 0.6) is 11.6 Å². The van der Waals surface area contributed by atoms with Crippen molar-refractivity contribution in [2.45, 2.75) is 57.1 Å². The van der Waals surface area contributed by atoms with Crippen molar-refractivity contribution in [2.24, 2.45) is 0 Å². The van der Waals surface area contributed by atoms with Crippen molar-refractivity contribution in [3.05, 3.63) is 65.4 Å². The standard InChI is InChI=1S/C27H30N4O5/c1-35-22-12-4-18(5-13-22)17-31-26(25(27(33)34)28-29-31)36-23-14-8-20(9-15-23)19-6-10-21(11-7-19)30-16-2-3-24(30)32/h4-7,10-13,20,23H,2-3,8-9,14-17H2,1H3,(H,33,34). The minimum absolute atomic E-state index is 0.103. The van der Waals surface area contributed by atoms with Crippen LogP contribution in [0, 0.1) is 0 Å². The predicted molar refractivity (Wildman–Crippen MR) is 133 cm³/mol. The number of aromatic nitrogens is 3. The second-order valence-corrected chi connectivity index (χ2v) is 9.39. The summed E-state index contributed by atoms with van der Waals surface area (Å²) in [6.07, 6.45) is 4.94. The highest BCUT2D eigenvalue weighted by molar-refractivity contribution is 5.95. The molecule has 0 unspecified atom stereocenters. The number of benzene rings is 2. The van der Waals surface area contributed by atoms with Crippen LogP contribution in [-0.2, 0) is 11.3 Å². The molecule has 9 heteroatoms. The highest BCUT2D eigenvalue weighted by atomic mass is 16.5. The summed E-state index contributed by atoms with van der Waals surface area (Å²) in [7, 11) is 1.61. The highest BCUT2D eigenvalue weighted by Gasteiger charge is 2.29. The van der Waals surface area contributed by atoms with Gasteiger partial charge in [0.25, 0.3) is 0 Å². The Morgan fingerprint density at radius 3 is 2.39 bits per heavy atom. The lowest BCUT2D eigenvalue weighted by molar-refractivity contribution is -0.117. The number of anilines is 1. The average Bonchev–Trinajstić information content (AvgIpc) is 3.51. The first-order chi connectivity index (χ1) is 17.5. The Morgan fingerprint density at radius 2 is 1.78 bits per heavy atom. The van der Waals surface area contributed by atoms with Crippen molar-refractivity contribution >= 4 is 17.6 Å². The second-order valence-electron chi connectivity index (χ2n) is 9.39. The van der Waals surface area contributed by atoms with E-state index < -0.39 is 5.97 Å². The first-order valence-corrected chi connectivity index (χ1v) is 12.4. The van der Waals surface area contributed by atoms with Crippen molar-refractivity contribution in [2.75, 3.05) is 18.6 Å². The number of hydrogen-bond acceptors (Lipinski definition) is 6. The third-order valence-electron chi connectivity index (χ3n) is 7.09. The molecule has 0 atom stereocenters. The minimum atomic E-state index is -1.16. The van der Waals surface area contributed by atoms with Gasteiger partial charge in [0, 0.05) is 18.7 Å². The van der Waals surface area contributed by atoms with Crippen LogP contribution in [0.2, 0.25) is 0 Å². The van der Waals surface area contributed by atoms with Gasteiger partial charge in [-0.05, 0) is 73.4 Å². The molecule has 2 heterocycles. The van der Waals surface area contributed by atoms with Gasteiger partial charge in [0.05, 0.1) is 13.7 Å². The molecule has 5 rings (SSSR count). The number of nitrogens with zero attached hydrogens (tertiary/aromatic N) is 4. The molecule has 36 heavy (non-hydrogen) atoms. The number of carbonyl (C=O) groups excluding carboxylic acids is 1. The molecule has 1 aliphatic heterocycles. The lowest BCUT2D eigenvalue weighted by Crippen LogP contribution is -2.25. The molecule has 188 valence electrons. The van der Waals surface area contributed by atoms with E-state index in [0.29, 0.717) is 18.9 Å². The number of carbonyl (C=O) groups is 2. The molecule has 1 amide bonds. The minimum Gasteiger partial charge on any atom is -0.497 e. The molecule has 9 nitrogen and oxygen atoms in total. The Labute approximate surface area is 209 Å².